The molecule has 3 heterocycles. The Balaban J connectivity index is 1.17. The van der Waals surface area contributed by atoms with E-state index in [0.29, 0.717) is 28.4 Å². The molecule has 1 aromatic carbocycles. The van der Waals surface area contributed by atoms with E-state index in [0.717, 1.165) is 37.1 Å². The highest BCUT2D eigenvalue weighted by atomic mass is 35.5. The van der Waals surface area contributed by atoms with Crippen LogP contribution in [-0.2, 0) is 4.74 Å². The molecule has 0 amide bonds. The molecule has 3 fully saturated rings. The summed E-state index contributed by atoms with van der Waals surface area (Å²) in [5.74, 6) is 1.94. The van der Waals surface area contributed by atoms with Gasteiger partial charge in [0.05, 0.1) is 16.3 Å². The number of aromatic nitrogens is 2. The number of halogens is 2. The third kappa shape index (κ3) is 4.57. The molecule has 5 rings (SSSR count). The molecule has 0 bridgehead atoms. The highest BCUT2D eigenvalue weighted by Gasteiger charge is 2.44. The maximum atomic E-state index is 13.6. The molecular weight excluding hydrogens is 415 g/mol. The molecule has 3 aliphatic rings. The normalized spacial score (nSPS) is 30.3. The molecule has 2 aromatic rings. The number of hydrogen-bond acceptors (Lipinski definition) is 5. The monoisotopic (exact) mass is 444 g/mol. The first kappa shape index (κ1) is 21.1. The second kappa shape index (κ2) is 8.30. The van der Waals surface area contributed by atoms with Crippen molar-refractivity contribution in [3.63, 3.8) is 0 Å². The summed E-state index contributed by atoms with van der Waals surface area (Å²) in [6.45, 7) is 7.71. The molecule has 7 heteroatoms. The number of ether oxygens (including phenoxy) is 1. The Hall–Kier alpha value is -1.76. The average Bonchev–Trinajstić information content (AvgIpc) is 3.28. The lowest BCUT2D eigenvalue weighted by molar-refractivity contribution is -0.0811. The van der Waals surface area contributed by atoms with Crippen LogP contribution in [0.3, 0.4) is 0 Å². The van der Waals surface area contributed by atoms with Crippen LogP contribution in [0.2, 0.25) is 5.02 Å². The Morgan fingerprint density at radius 2 is 1.90 bits per heavy atom. The molecule has 3 unspecified atom stereocenters. The van der Waals surface area contributed by atoms with Gasteiger partial charge in [0.2, 0.25) is 0 Å². The molecule has 0 spiro atoms. The largest absolute Gasteiger partial charge is 0.375 e. The van der Waals surface area contributed by atoms with Gasteiger partial charge in [0.15, 0.2) is 0 Å². The molecule has 1 N–H and O–H groups in total. The van der Waals surface area contributed by atoms with Crippen LogP contribution >= 0.6 is 11.6 Å². The van der Waals surface area contributed by atoms with Gasteiger partial charge in [-0.25, -0.2) is 4.39 Å². The zero-order valence-corrected chi connectivity index (χ0v) is 18.9. The molecule has 0 radical (unpaired) electrons. The Bertz CT molecular complexity index is 924. The summed E-state index contributed by atoms with van der Waals surface area (Å²) in [7, 11) is 0. The van der Waals surface area contributed by atoms with Crippen LogP contribution in [0.4, 0.5) is 10.2 Å². The van der Waals surface area contributed by atoms with E-state index in [1.165, 1.54) is 38.1 Å². The minimum absolute atomic E-state index is 0.00524. The van der Waals surface area contributed by atoms with E-state index in [2.05, 4.69) is 34.3 Å². The minimum Gasteiger partial charge on any atom is -0.375 e. The molecular formula is C24H30ClFN4O. The smallest absolute Gasteiger partial charge is 0.148 e. The predicted molar refractivity (Wildman–Crippen MR) is 121 cm³/mol. The topological polar surface area (TPSA) is 50.3 Å². The maximum Gasteiger partial charge on any atom is 0.148 e. The highest BCUT2D eigenvalue weighted by Crippen LogP contribution is 2.41. The van der Waals surface area contributed by atoms with Gasteiger partial charge in [-0.15, -0.1) is 10.2 Å². The summed E-state index contributed by atoms with van der Waals surface area (Å²) < 4.78 is 19.5. The van der Waals surface area contributed by atoms with Crippen LogP contribution in [0.5, 0.6) is 0 Å². The van der Waals surface area contributed by atoms with E-state index in [1.807, 2.05) is 12.1 Å². The first-order valence-electron chi connectivity index (χ1n) is 11.3. The zero-order valence-electron chi connectivity index (χ0n) is 18.2. The van der Waals surface area contributed by atoms with Crippen molar-refractivity contribution in [3.8, 4) is 11.3 Å². The fourth-order valence-electron chi connectivity index (χ4n) is 5.72. The van der Waals surface area contributed by atoms with Crippen molar-refractivity contribution < 1.29 is 9.13 Å². The SMILES string of the molecule is CC1(C)CC(N2CC3CC(Nc4ccc(-c5cc(F)ccc5Cl)nn4)CC3C2)CCO1. The lowest BCUT2D eigenvalue weighted by Gasteiger charge is -2.40. The van der Waals surface area contributed by atoms with Crippen LogP contribution in [-0.4, -0.2) is 52.5 Å². The van der Waals surface area contributed by atoms with Crippen LogP contribution in [0.25, 0.3) is 11.3 Å². The lowest BCUT2D eigenvalue weighted by atomic mass is 9.93. The summed E-state index contributed by atoms with van der Waals surface area (Å²) in [6, 6.07) is 9.13. The van der Waals surface area contributed by atoms with Gasteiger partial charge in [-0.05, 0) is 81.7 Å². The van der Waals surface area contributed by atoms with E-state index in [1.54, 1.807) is 6.07 Å². The van der Waals surface area contributed by atoms with Gasteiger partial charge in [-0.1, -0.05) is 11.6 Å². The van der Waals surface area contributed by atoms with E-state index in [9.17, 15) is 4.39 Å². The molecule has 1 aromatic heterocycles. The van der Waals surface area contributed by atoms with Crippen LogP contribution in [0.15, 0.2) is 30.3 Å². The second-order valence-corrected chi connectivity index (χ2v) is 10.4. The van der Waals surface area contributed by atoms with Crippen molar-refractivity contribution in [1.29, 1.82) is 0 Å². The fraction of sp³-hybridized carbons (Fsp3) is 0.583. The summed E-state index contributed by atoms with van der Waals surface area (Å²) >= 11 is 6.18. The summed E-state index contributed by atoms with van der Waals surface area (Å²) in [6.07, 6.45) is 4.63. The Morgan fingerprint density at radius 3 is 2.58 bits per heavy atom. The van der Waals surface area contributed by atoms with E-state index < -0.39 is 0 Å². The van der Waals surface area contributed by atoms with Gasteiger partial charge in [0.25, 0.3) is 0 Å². The molecule has 2 aliphatic heterocycles. The fourth-order valence-corrected chi connectivity index (χ4v) is 5.93. The number of nitrogens with zero attached hydrogens (tertiary/aromatic N) is 3. The van der Waals surface area contributed by atoms with E-state index in [-0.39, 0.29) is 11.4 Å². The number of benzene rings is 1. The van der Waals surface area contributed by atoms with Crippen molar-refractivity contribution in [2.24, 2.45) is 11.8 Å². The standard InChI is InChI=1S/C24H30ClFN4O/c1-24(2)12-19(7-8-31-24)30-13-15-9-18(10-16(15)14-30)27-23-6-5-22(28-29-23)20-11-17(26)3-4-21(20)25/h3-6,11,15-16,18-19H,7-10,12-14H2,1-2H3,(H,27,29). The van der Waals surface area contributed by atoms with Gasteiger partial charge in [-0.2, -0.15) is 0 Å². The van der Waals surface area contributed by atoms with Crippen LogP contribution < -0.4 is 5.32 Å². The maximum absolute atomic E-state index is 13.6. The van der Waals surface area contributed by atoms with E-state index in [4.69, 9.17) is 16.3 Å². The van der Waals surface area contributed by atoms with E-state index >= 15 is 0 Å². The lowest BCUT2D eigenvalue weighted by Crippen LogP contribution is -2.45. The first-order valence-corrected chi connectivity index (χ1v) is 11.7. The average molecular weight is 445 g/mol. The number of anilines is 1. The predicted octanol–water partition coefficient (Wildman–Crippen LogP) is 5.02. The number of rotatable bonds is 4. The minimum atomic E-state index is -0.334. The summed E-state index contributed by atoms with van der Waals surface area (Å²) in [5, 5.41) is 12.6. The van der Waals surface area contributed by atoms with Crippen molar-refractivity contribution >= 4 is 17.4 Å². The Morgan fingerprint density at radius 1 is 1.13 bits per heavy atom. The summed E-state index contributed by atoms with van der Waals surface area (Å²) in [4.78, 5) is 2.72. The van der Waals surface area contributed by atoms with Crippen molar-refractivity contribution in [1.82, 2.24) is 15.1 Å². The van der Waals surface area contributed by atoms with Gasteiger partial charge in [-0.3, -0.25) is 4.90 Å². The van der Waals surface area contributed by atoms with Crippen molar-refractivity contribution in [2.45, 2.75) is 57.2 Å². The number of hydrogen-bond donors (Lipinski definition) is 1. The van der Waals surface area contributed by atoms with Gasteiger partial charge in [0.1, 0.15) is 11.6 Å². The Labute approximate surface area is 188 Å². The molecule has 2 saturated heterocycles. The molecule has 5 nitrogen and oxygen atoms in total. The van der Waals surface area contributed by atoms with Crippen LogP contribution in [0.1, 0.15) is 39.5 Å². The van der Waals surface area contributed by atoms with Gasteiger partial charge < -0.3 is 10.1 Å². The number of fused-ring (bicyclic) bond motifs is 1. The van der Waals surface area contributed by atoms with Crippen LogP contribution in [0, 0.1) is 17.7 Å². The molecule has 1 saturated carbocycles. The Kier molecular flexibility index (Phi) is 5.65. The van der Waals surface area contributed by atoms with Crippen molar-refractivity contribution in [3.05, 3.63) is 41.2 Å². The summed E-state index contributed by atoms with van der Waals surface area (Å²) in [5.41, 5.74) is 1.14. The third-order valence-corrected chi connectivity index (χ3v) is 7.52. The van der Waals surface area contributed by atoms with Gasteiger partial charge >= 0.3 is 0 Å². The van der Waals surface area contributed by atoms with Gasteiger partial charge in [0, 0.05) is 37.3 Å². The van der Waals surface area contributed by atoms with Crippen molar-refractivity contribution in [2.75, 3.05) is 25.0 Å². The molecule has 1 aliphatic carbocycles. The molecule has 31 heavy (non-hydrogen) atoms. The molecule has 166 valence electrons. The highest BCUT2D eigenvalue weighted by molar-refractivity contribution is 6.33. The quantitative estimate of drug-likeness (QED) is 0.717. The second-order valence-electron chi connectivity index (χ2n) is 9.97. The number of nitrogens with one attached hydrogen (secondary N) is 1. The number of likely N-dealkylation sites (tertiary alicyclic amines) is 1. The zero-order chi connectivity index (χ0) is 21.6. The first-order chi connectivity index (χ1) is 14.9. The molecule has 3 atom stereocenters. The third-order valence-electron chi connectivity index (χ3n) is 7.19.